The van der Waals surface area contributed by atoms with Crippen molar-refractivity contribution in [3.63, 3.8) is 0 Å². The van der Waals surface area contributed by atoms with Crippen molar-refractivity contribution in [2.24, 2.45) is 5.73 Å². The minimum absolute atomic E-state index is 0.00331. The standard InChI is InChI=1S/C40H47F6N7O8/c1-10-38(47)18-24(30-27(12-13-29(51-30)58-9)53(38)35(57)59-11-2)32-48-19-26(25(49-32)16-21-14-22(39(41,42)43)17-23(15-21)40(44,45)46)50-33(55)31(28(20-54)60-36(3,4)5)52-34(56)61-37(6,7)8/h12-15,17,19,24,31H,10-11,16,18,47H2,1-9H3,(H,50,55)(H,52,56)/t24-,31-,38+/m0/s1. The Morgan fingerprint density at radius 2 is 1.56 bits per heavy atom. The number of nitrogens with zero attached hydrogens (tertiary/aromatic N) is 4. The third-order valence-corrected chi connectivity index (χ3v) is 8.90. The van der Waals surface area contributed by atoms with Crippen LogP contribution in [-0.2, 0) is 42.6 Å². The maximum Gasteiger partial charge on any atom is 0.416 e. The number of alkyl carbamates (subject to hydrolysis) is 1. The van der Waals surface area contributed by atoms with Gasteiger partial charge in [-0.3, -0.25) is 9.69 Å². The summed E-state index contributed by atoms with van der Waals surface area (Å²) in [6.45, 7) is 12.5. The Hall–Kier alpha value is -5.95. The van der Waals surface area contributed by atoms with Crippen LogP contribution in [0, 0.1) is 0 Å². The van der Waals surface area contributed by atoms with E-state index in [4.69, 9.17) is 24.7 Å². The second kappa shape index (κ2) is 18.0. The molecule has 3 aromatic rings. The highest BCUT2D eigenvalue weighted by molar-refractivity contribution is 6.00. The first-order valence-electron chi connectivity index (χ1n) is 18.8. The van der Waals surface area contributed by atoms with Gasteiger partial charge in [0.05, 0.1) is 59.7 Å². The van der Waals surface area contributed by atoms with E-state index < -0.39 is 88.1 Å². The number of rotatable bonds is 11. The zero-order chi connectivity index (χ0) is 45.9. The molecule has 61 heavy (non-hydrogen) atoms. The van der Waals surface area contributed by atoms with Crippen LogP contribution in [0.3, 0.4) is 0 Å². The second-order valence-corrected chi connectivity index (χ2v) is 15.9. The van der Waals surface area contributed by atoms with Crippen LogP contribution in [-0.4, -0.2) is 75.6 Å². The average Bonchev–Trinajstić information content (AvgIpc) is 3.14. The summed E-state index contributed by atoms with van der Waals surface area (Å²) in [5.74, 6) is -1.40. The van der Waals surface area contributed by atoms with Crippen LogP contribution in [0.1, 0.15) is 108 Å². The van der Waals surface area contributed by atoms with Gasteiger partial charge >= 0.3 is 24.5 Å². The summed E-state index contributed by atoms with van der Waals surface area (Å²) in [6.07, 6.45) is -12.0. The van der Waals surface area contributed by atoms with Gasteiger partial charge in [-0.15, -0.1) is 0 Å². The molecule has 3 heterocycles. The number of carbonyl (C=O) groups excluding carboxylic acids is 4. The summed E-state index contributed by atoms with van der Waals surface area (Å²) >= 11 is 0. The third kappa shape index (κ3) is 11.9. The lowest BCUT2D eigenvalue weighted by Crippen LogP contribution is -2.61. The molecule has 1 aromatic carbocycles. The van der Waals surface area contributed by atoms with E-state index in [2.05, 4.69) is 25.6 Å². The summed E-state index contributed by atoms with van der Waals surface area (Å²) in [6, 6.07) is 2.00. The SMILES string of the molecule is CCOC(=O)N1c2ccc(OC)nc2[C@@H](c2ncc(NC(=O)[C@@H](NC(=O)OC(C)(C)C)C(=C=O)OC(C)(C)C)c(Cc3cc(C(F)(F)F)cc(C(F)(F)F)c3)n2)C[C@@]1(N)CC. The minimum atomic E-state index is -5.19. The number of fused-ring (bicyclic) bond motifs is 1. The highest BCUT2D eigenvalue weighted by atomic mass is 19.4. The third-order valence-electron chi connectivity index (χ3n) is 8.90. The highest BCUT2D eigenvalue weighted by Crippen LogP contribution is 2.46. The van der Waals surface area contributed by atoms with E-state index in [1.807, 2.05) is 0 Å². The molecule has 332 valence electrons. The van der Waals surface area contributed by atoms with E-state index in [9.17, 15) is 45.5 Å². The smallest absolute Gasteiger partial charge is 0.416 e. The fourth-order valence-electron chi connectivity index (χ4n) is 6.28. The number of carbonyl (C=O) groups is 3. The number of alkyl halides is 6. The molecule has 21 heteroatoms. The molecule has 0 radical (unpaired) electrons. The fourth-order valence-corrected chi connectivity index (χ4v) is 6.28. The van der Waals surface area contributed by atoms with Crippen molar-refractivity contribution in [3.05, 3.63) is 76.2 Å². The van der Waals surface area contributed by atoms with Gasteiger partial charge in [0.2, 0.25) is 11.6 Å². The first-order valence-corrected chi connectivity index (χ1v) is 18.8. The van der Waals surface area contributed by atoms with Crippen LogP contribution < -0.4 is 26.0 Å². The second-order valence-electron chi connectivity index (χ2n) is 15.9. The van der Waals surface area contributed by atoms with Crippen molar-refractivity contribution in [3.8, 4) is 5.88 Å². The van der Waals surface area contributed by atoms with Crippen molar-refractivity contribution >= 4 is 35.4 Å². The number of anilines is 2. The number of nitrogens with one attached hydrogen (secondary N) is 2. The summed E-state index contributed by atoms with van der Waals surface area (Å²) in [5.41, 5.74) is -0.838. The Balaban J connectivity index is 1.96. The molecule has 0 bridgehead atoms. The monoisotopic (exact) mass is 867 g/mol. The number of nitrogens with two attached hydrogens (primary N) is 1. The predicted molar refractivity (Wildman–Crippen MR) is 207 cm³/mol. The number of halogens is 6. The van der Waals surface area contributed by atoms with E-state index in [1.165, 1.54) is 71.6 Å². The first-order chi connectivity index (χ1) is 28.1. The predicted octanol–water partition coefficient (Wildman–Crippen LogP) is 7.43. The number of methoxy groups -OCH3 is 1. The molecule has 15 nitrogen and oxygen atoms in total. The van der Waals surface area contributed by atoms with Crippen LogP contribution in [0.25, 0.3) is 0 Å². The van der Waals surface area contributed by atoms with Crippen LogP contribution in [0.4, 0.5) is 47.3 Å². The van der Waals surface area contributed by atoms with Crippen molar-refractivity contribution in [1.29, 1.82) is 0 Å². The van der Waals surface area contributed by atoms with E-state index in [0.717, 1.165) is 6.20 Å². The fraction of sp³-hybridized carbons (Fsp3) is 0.500. The zero-order valence-corrected chi connectivity index (χ0v) is 34.8. The van der Waals surface area contributed by atoms with Crippen LogP contribution in [0.2, 0.25) is 0 Å². The first kappa shape index (κ1) is 47.7. The molecular weight excluding hydrogens is 820 g/mol. The molecule has 2 aromatic heterocycles. The molecule has 4 rings (SSSR count). The maximum atomic E-state index is 14.1. The Bertz CT molecular complexity index is 2150. The van der Waals surface area contributed by atoms with E-state index in [-0.39, 0.29) is 60.0 Å². The molecule has 1 aliphatic rings. The summed E-state index contributed by atoms with van der Waals surface area (Å²) in [7, 11) is 1.34. The van der Waals surface area contributed by atoms with Crippen molar-refractivity contribution in [2.75, 3.05) is 23.9 Å². The maximum absolute atomic E-state index is 14.1. The molecule has 0 unspecified atom stereocenters. The van der Waals surface area contributed by atoms with Crippen LogP contribution in [0.5, 0.6) is 5.88 Å². The largest absolute Gasteiger partial charge is 0.481 e. The van der Waals surface area contributed by atoms with Crippen LogP contribution in [0.15, 0.2) is 42.3 Å². The quantitative estimate of drug-likeness (QED) is 0.0981. The molecule has 4 N–H and O–H groups in total. The molecule has 0 saturated carbocycles. The number of ether oxygens (including phenoxy) is 4. The van der Waals surface area contributed by atoms with Gasteiger partial charge < -0.3 is 35.3 Å². The van der Waals surface area contributed by atoms with E-state index >= 15 is 0 Å². The Kier molecular flexibility index (Phi) is 14.0. The Morgan fingerprint density at radius 1 is 0.951 bits per heavy atom. The van der Waals surface area contributed by atoms with Gasteiger partial charge in [-0.1, -0.05) is 6.92 Å². The lowest BCUT2D eigenvalue weighted by atomic mass is 9.83. The van der Waals surface area contributed by atoms with Gasteiger partial charge in [0.1, 0.15) is 22.7 Å². The molecule has 3 amide bonds. The molecule has 0 spiro atoms. The summed E-state index contributed by atoms with van der Waals surface area (Å²) in [5, 5.41) is 4.67. The van der Waals surface area contributed by atoms with Crippen molar-refractivity contribution in [2.45, 2.75) is 116 Å². The normalized spacial score (nSPS) is 17.3. The summed E-state index contributed by atoms with van der Waals surface area (Å²) in [4.78, 5) is 67.3. The van der Waals surface area contributed by atoms with Gasteiger partial charge in [0.25, 0.3) is 5.91 Å². The zero-order valence-electron chi connectivity index (χ0n) is 34.8. The number of hydrogen-bond donors (Lipinski definition) is 3. The highest BCUT2D eigenvalue weighted by Gasteiger charge is 2.47. The number of amides is 3. The van der Waals surface area contributed by atoms with Crippen LogP contribution >= 0.6 is 0 Å². The van der Waals surface area contributed by atoms with Gasteiger partial charge in [-0.25, -0.2) is 29.3 Å². The Labute approximate surface area is 347 Å². The van der Waals surface area contributed by atoms with Gasteiger partial charge in [-0.05, 0) is 91.1 Å². The van der Waals surface area contributed by atoms with Crippen molar-refractivity contribution < 1.29 is 64.5 Å². The van der Waals surface area contributed by atoms with Gasteiger partial charge in [0, 0.05) is 12.5 Å². The lowest BCUT2D eigenvalue weighted by Gasteiger charge is -2.46. The molecule has 3 atom stereocenters. The number of hydrogen-bond acceptors (Lipinski definition) is 12. The number of pyridine rings is 1. The van der Waals surface area contributed by atoms with Gasteiger partial charge in [0.15, 0.2) is 12.0 Å². The van der Waals surface area contributed by atoms with E-state index in [0.29, 0.717) is 12.1 Å². The molecule has 0 aliphatic carbocycles. The lowest BCUT2D eigenvalue weighted by molar-refractivity contribution is -0.143. The average molecular weight is 868 g/mol. The summed E-state index contributed by atoms with van der Waals surface area (Å²) < 4.78 is 106. The molecular formula is C40H47F6N7O8. The number of benzene rings is 1. The topological polar surface area (TPSA) is 197 Å². The Morgan fingerprint density at radius 3 is 2.07 bits per heavy atom. The molecule has 1 aliphatic heterocycles. The molecule has 0 saturated heterocycles. The van der Waals surface area contributed by atoms with Crippen molar-refractivity contribution in [1.82, 2.24) is 20.3 Å². The van der Waals surface area contributed by atoms with Gasteiger partial charge in [-0.2, -0.15) is 26.3 Å². The molecule has 0 fully saturated rings. The number of aromatic nitrogens is 3. The minimum Gasteiger partial charge on any atom is -0.481 e. The van der Waals surface area contributed by atoms with E-state index in [1.54, 1.807) is 13.8 Å².